The smallest absolute Gasteiger partial charge is 0.272 e. The zero-order valence-corrected chi connectivity index (χ0v) is 9.87. The fourth-order valence-corrected chi connectivity index (χ4v) is 1.59. The number of hydrogen-bond acceptors (Lipinski definition) is 3. The Kier molecular flexibility index (Phi) is 5.05. The number of rotatable bonds is 6. The maximum atomic E-state index is 10.8. The molecule has 0 heterocycles. The number of nitro benzene ring substituents is 1. The lowest BCUT2D eigenvalue weighted by molar-refractivity contribution is -0.385. The molecule has 5 heteroatoms. The first-order valence-electron chi connectivity index (χ1n) is 5.15. The molecule has 0 aromatic heterocycles. The lowest BCUT2D eigenvalue weighted by atomic mass is 10.1. The SMILES string of the molecule is CCOc1ccc([N+](=O)[O-])c(CCCCl)c1. The molecule has 0 spiro atoms. The third kappa shape index (κ3) is 3.38. The van der Waals surface area contributed by atoms with Crippen LogP contribution in [0.4, 0.5) is 5.69 Å². The van der Waals surface area contributed by atoms with Crippen LogP contribution in [0.15, 0.2) is 18.2 Å². The molecule has 0 aliphatic carbocycles. The standard InChI is InChI=1S/C11H14ClNO3/c1-2-16-10-5-6-11(13(14)15)9(8-10)4-3-7-12/h5-6,8H,2-4,7H2,1H3. The van der Waals surface area contributed by atoms with Gasteiger partial charge in [0.05, 0.1) is 11.5 Å². The van der Waals surface area contributed by atoms with E-state index in [4.69, 9.17) is 16.3 Å². The van der Waals surface area contributed by atoms with Crippen LogP contribution < -0.4 is 4.74 Å². The summed E-state index contributed by atoms with van der Waals surface area (Å²) >= 11 is 5.58. The van der Waals surface area contributed by atoms with Crippen LogP contribution in [0, 0.1) is 10.1 Å². The van der Waals surface area contributed by atoms with E-state index in [9.17, 15) is 10.1 Å². The second-order valence-corrected chi connectivity index (χ2v) is 3.65. The highest BCUT2D eigenvalue weighted by Crippen LogP contribution is 2.25. The molecule has 16 heavy (non-hydrogen) atoms. The summed E-state index contributed by atoms with van der Waals surface area (Å²) in [6.07, 6.45) is 1.32. The summed E-state index contributed by atoms with van der Waals surface area (Å²) in [7, 11) is 0. The first kappa shape index (κ1) is 12.8. The molecule has 0 bridgehead atoms. The molecule has 0 atom stereocenters. The van der Waals surface area contributed by atoms with Crippen molar-refractivity contribution in [1.29, 1.82) is 0 Å². The molecule has 0 saturated carbocycles. The quantitative estimate of drug-likeness (QED) is 0.438. The third-order valence-electron chi connectivity index (χ3n) is 2.14. The van der Waals surface area contributed by atoms with Crippen molar-refractivity contribution >= 4 is 17.3 Å². The van der Waals surface area contributed by atoms with Crippen LogP contribution in [0.25, 0.3) is 0 Å². The minimum absolute atomic E-state index is 0.133. The molecule has 0 aliphatic rings. The second kappa shape index (κ2) is 6.33. The monoisotopic (exact) mass is 243 g/mol. The van der Waals surface area contributed by atoms with Crippen LogP contribution in [0.2, 0.25) is 0 Å². The summed E-state index contributed by atoms with van der Waals surface area (Å²) in [5.74, 6) is 1.16. The van der Waals surface area contributed by atoms with Gasteiger partial charge in [-0.2, -0.15) is 0 Å². The van der Waals surface area contributed by atoms with Crippen molar-refractivity contribution in [2.24, 2.45) is 0 Å². The van der Waals surface area contributed by atoms with Crippen LogP contribution in [0.1, 0.15) is 18.9 Å². The zero-order chi connectivity index (χ0) is 12.0. The minimum Gasteiger partial charge on any atom is -0.494 e. The topological polar surface area (TPSA) is 52.4 Å². The molecule has 0 unspecified atom stereocenters. The zero-order valence-electron chi connectivity index (χ0n) is 9.11. The number of aryl methyl sites for hydroxylation is 1. The van der Waals surface area contributed by atoms with Crippen molar-refractivity contribution in [2.75, 3.05) is 12.5 Å². The molecule has 1 aromatic rings. The van der Waals surface area contributed by atoms with Gasteiger partial charge in [-0.15, -0.1) is 11.6 Å². The molecule has 0 N–H and O–H groups in total. The normalized spacial score (nSPS) is 10.1. The first-order valence-corrected chi connectivity index (χ1v) is 5.68. The molecule has 4 nitrogen and oxygen atoms in total. The van der Waals surface area contributed by atoms with Gasteiger partial charge in [-0.1, -0.05) is 0 Å². The van der Waals surface area contributed by atoms with Crippen molar-refractivity contribution in [1.82, 2.24) is 0 Å². The van der Waals surface area contributed by atoms with Gasteiger partial charge in [0, 0.05) is 17.5 Å². The van der Waals surface area contributed by atoms with Gasteiger partial charge in [-0.25, -0.2) is 0 Å². The Bertz CT molecular complexity index is 368. The summed E-state index contributed by atoms with van der Waals surface area (Å²) in [5, 5.41) is 10.8. The Morgan fingerprint density at radius 3 is 2.81 bits per heavy atom. The van der Waals surface area contributed by atoms with Crippen LogP contribution in [0.3, 0.4) is 0 Å². The van der Waals surface area contributed by atoms with Crippen LogP contribution >= 0.6 is 11.6 Å². The molecule has 0 aliphatic heterocycles. The van der Waals surface area contributed by atoms with Gasteiger partial charge < -0.3 is 4.74 Å². The predicted molar refractivity (Wildman–Crippen MR) is 63.3 cm³/mol. The van der Waals surface area contributed by atoms with Gasteiger partial charge in [0.2, 0.25) is 0 Å². The highest BCUT2D eigenvalue weighted by molar-refractivity contribution is 6.17. The number of ether oxygens (including phenoxy) is 1. The Morgan fingerprint density at radius 2 is 2.25 bits per heavy atom. The van der Waals surface area contributed by atoms with Crippen molar-refractivity contribution in [2.45, 2.75) is 19.8 Å². The third-order valence-corrected chi connectivity index (χ3v) is 2.41. The molecule has 0 radical (unpaired) electrons. The number of alkyl halides is 1. The van der Waals surface area contributed by atoms with E-state index in [2.05, 4.69) is 0 Å². The number of halogens is 1. The highest BCUT2D eigenvalue weighted by Gasteiger charge is 2.13. The summed E-state index contributed by atoms with van der Waals surface area (Å²) in [4.78, 5) is 10.4. The Morgan fingerprint density at radius 1 is 1.50 bits per heavy atom. The van der Waals surface area contributed by atoms with Gasteiger partial charge in [0.1, 0.15) is 5.75 Å². The lowest BCUT2D eigenvalue weighted by Crippen LogP contribution is -1.98. The Balaban J connectivity index is 2.95. The summed E-state index contributed by atoms with van der Waals surface area (Å²) in [5.41, 5.74) is 0.810. The molecule has 0 saturated heterocycles. The van der Waals surface area contributed by atoms with Crippen LogP contribution in [0.5, 0.6) is 5.75 Å². The van der Waals surface area contributed by atoms with Gasteiger partial charge >= 0.3 is 0 Å². The van der Waals surface area contributed by atoms with Crippen LogP contribution in [-0.4, -0.2) is 17.4 Å². The summed E-state index contributed by atoms with van der Waals surface area (Å²) < 4.78 is 5.31. The molecule has 88 valence electrons. The maximum absolute atomic E-state index is 10.8. The average Bonchev–Trinajstić information content (AvgIpc) is 2.26. The molecular weight excluding hydrogens is 230 g/mol. The number of hydrogen-bond donors (Lipinski definition) is 0. The van der Waals surface area contributed by atoms with Crippen molar-refractivity contribution in [3.8, 4) is 5.75 Å². The van der Waals surface area contributed by atoms with Gasteiger partial charge in [0.15, 0.2) is 0 Å². The predicted octanol–water partition coefficient (Wildman–Crippen LogP) is 3.16. The number of nitro groups is 1. The van der Waals surface area contributed by atoms with Crippen molar-refractivity contribution in [3.05, 3.63) is 33.9 Å². The van der Waals surface area contributed by atoms with Gasteiger partial charge in [0.25, 0.3) is 5.69 Å². The number of nitrogens with zero attached hydrogens (tertiary/aromatic N) is 1. The maximum Gasteiger partial charge on any atom is 0.272 e. The van der Waals surface area contributed by atoms with Crippen LogP contribution in [-0.2, 0) is 6.42 Å². The van der Waals surface area contributed by atoms with Crippen molar-refractivity contribution < 1.29 is 9.66 Å². The van der Waals surface area contributed by atoms with E-state index in [0.29, 0.717) is 30.2 Å². The minimum atomic E-state index is -0.376. The Labute approximate surface area is 99.3 Å². The van der Waals surface area contributed by atoms with E-state index < -0.39 is 0 Å². The molecule has 1 aromatic carbocycles. The van der Waals surface area contributed by atoms with E-state index in [0.717, 1.165) is 6.42 Å². The van der Waals surface area contributed by atoms with E-state index in [1.54, 1.807) is 12.1 Å². The number of benzene rings is 1. The molecular formula is C11H14ClNO3. The lowest BCUT2D eigenvalue weighted by Gasteiger charge is -2.06. The molecule has 1 rings (SSSR count). The second-order valence-electron chi connectivity index (χ2n) is 3.27. The summed E-state index contributed by atoms with van der Waals surface area (Å²) in [6.45, 7) is 2.42. The first-order chi connectivity index (χ1) is 7.69. The fraction of sp³-hybridized carbons (Fsp3) is 0.455. The van der Waals surface area contributed by atoms with E-state index in [1.807, 2.05) is 6.92 Å². The van der Waals surface area contributed by atoms with E-state index in [1.165, 1.54) is 6.07 Å². The van der Waals surface area contributed by atoms with Crippen molar-refractivity contribution in [3.63, 3.8) is 0 Å². The molecule has 0 fully saturated rings. The average molecular weight is 244 g/mol. The van der Waals surface area contributed by atoms with E-state index >= 15 is 0 Å². The highest BCUT2D eigenvalue weighted by atomic mass is 35.5. The fourth-order valence-electron chi connectivity index (χ4n) is 1.45. The van der Waals surface area contributed by atoms with E-state index in [-0.39, 0.29) is 10.6 Å². The Hall–Kier alpha value is -1.29. The largest absolute Gasteiger partial charge is 0.494 e. The van der Waals surface area contributed by atoms with Gasteiger partial charge in [-0.05, 0) is 31.9 Å². The summed E-state index contributed by atoms with van der Waals surface area (Å²) in [6, 6.07) is 4.81. The molecule has 0 amide bonds. The van der Waals surface area contributed by atoms with Gasteiger partial charge in [-0.3, -0.25) is 10.1 Å².